The minimum atomic E-state index is -0.0139. The van der Waals surface area contributed by atoms with Gasteiger partial charge in [-0.05, 0) is 19.8 Å². The molecule has 1 heterocycles. The maximum Gasteiger partial charge on any atom is 0.350 e. The Morgan fingerprint density at radius 3 is 2.80 bits per heavy atom. The lowest BCUT2D eigenvalue weighted by atomic mass is 9.96. The number of allylic oxidation sites excluding steroid dienone is 1. The minimum Gasteiger partial charge on any atom is -0.257 e. The van der Waals surface area contributed by atoms with E-state index in [1.807, 2.05) is 13.0 Å². The maximum atomic E-state index is 11.9. The molecule has 1 aliphatic carbocycles. The van der Waals surface area contributed by atoms with Crippen LogP contribution >= 0.6 is 0 Å². The van der Waals surface area contributed by atoms with Crippen molar-refractivity contribution in [2.45, 2.75) is 45.1 Å². The fourth-order valence-electron chi connectivity index (χ4n) is 2.17. The summed E-state index contributed by atoms with van der Waals surface area (Å²) >= 11 is 0. The molecule has 0 atom stereocenters. The van der Waals surface area contributed by atoms with Gasteiger partial charge in [0.2, 0.25) is 0 Å². The minimum absolute atomic E-state index is 0.0139. The molecule has 0 saturated heterocycles. The van der Waals surface area contributed by atoms with Crippen molar-refractivity contribution in [3.63, 3.8) is 0 Å². The van der Waals surface area contributed by atoms with Gasteiger partial charge in [0.25, 0.3) is 0 Å². The van der Waals surface area contributed by atoms with Gasteiger partial charge in [0.1, 0.15) is 6.33 Å². The second-order valence-corrected chi connectivity index (χ2v) is 4.04. The van der Waals surface area contributed by atoms with Crippen molar-refractivity contribution >= 4 is 6.20 Å². The van der Waals surface area contributed by atoms with Crippen molar-refractivity contribution in [1.29, 1.82) is 0 Å². The first-order chi connectivity index (χ1) is 7.33. The lowest BCUT2D eigenvalue weighted by Gasteiger charge is -2.20. The number of hydrogen-bond donors (Lipinski definition) is 0. The molecule has 82 valence electrons. The zero-order valence-corrected chi connectivity index (χ0v) is 9.09. The van der Waals surface area contributed by atoms with Gasteiger partial charge in [-0.3, -0.25) is 4.57 Å². The highest BCUT2D eigenvalue weighted by atomic mass is 16.2. The van der Waals surface area contributed by atoms with E-state index in [9.17, 15) is 4.79 Å². The molecule has 0 amide bonds. The molecule has 0 unspecified atom stereocenters. The van der Waals surface area contributed by atoms with Gasteiger partial charge < -0.3 is 0 Å². The van der Waals surface area contributed by atoms with Crippen molar-refractivity contribution in [2.24, 2.45) is 0 Å². The van der Waals surface area contributed by atoms with Crippen LogP contribution in [0.15, 0.2) is 17.2 Å². The summed E-state index contributed by atoms with van der Waals surface area (Å²) in [5.41, 5.74) is -0.0139. The SMILES string of the molecule is C/C=C/n1cnn(C2CCCCC2)c1=O. The van der Waals surface area contributed by atoms with Gasteiger partial charge in [-0.1, -0.05) is 25.3 Å². The van der Waals surface area contributed by atoms with Crippen LogP contribution in [0.2, 0.25) is 0 Å². The number of aromatic nitrogens is 3. The van der Waals surface area contributed by atoms with Crippen molar-refractivity contribution in [2.75, 3.05) is 0 Å². The second kappa shape index (κ2) is 4.47. The first-order valence-electron chi connectivity index (χ1n) is 5.61. The molecule has 0 bridgehead atoms. The highest BCUT2D eigenvalue weighted by Crippen LogP contribution is 2.25. The Morgan fingerprint density at radius 1 is 1.40 bits per heavy atom. The summed E-state index contributed by atoms with van der Waals surface area (Å²) in [5, 5.41) is 4.17. The van der Waals surface area contributed by atoms with E-state index in [0.717, 1.165) is 12.8 Å². The Hall–Kier alpha value is -1.32. The molecule has 4 heteroatoms. The maximum absolute atomic E-state index is 11.9. The van der Waals surface area contributed by atoms with Crippen LogP contribution in [-0.2, 0) is 0 Å². The molecule has 0 aliphatic heterocycles. The van der Waals surface area contributed by atoms with E-state index < -0.39 is 0 Å². The standard InChI is InChI=1S/C11H17N3O/c1-2-8-13-9-12-14(11(13)15)10-6-4-3-5-7-10/h2,8-10H,3-7H2,1H3/b8-2+. The normalized spacial score (nSPS) is 18.7. The van der Waals surface area contributed by atoms with Crippen molar-refractivity contribution in [1.82, 2.24) is 14.3 Å². The second-order valence-electron chi connectivity index (χ2n) is 4.04. The molecule has 1 aromatic rings. The molecule has 1 aromatic heterocycles. The Kier molecular flexibility index (Phi) is 3.04. The third-order valence-electron chi connectivity index (χ3n) is 2.95. The molecular weight excluding hydrogens is 190 g/mol. The van der Waals surface area contributed by atoms with Gasteiger partial charge in [0.05, 0.1) is 6.04 Å². The zero-order chi connectivity index (χ0) is 10.7. The Bertz CT molecular complexity index is 396. The molecule has 0 radical (unpaired) electrons. The fourth-order valence-corrected chi connectivity index (χ4v) is 2.17. The monoisotopic (exact) mass is 207 g/mol. The van der Waals surface area contributed by atoms with Gasteiger partial charge in [0.15, 0.2) is 0 Å². The van der Waals surface area contributed by atoms with Gasteiger partial charge in [-0.25, -0.2) is 9.48 Å². The molecule has 1 fully saturated rings. The third-order valence-corrected chi connectivity index (χ3v) is 2.95. The lowest BCUT2D eigenvalue weighted by molar-refractivity contribution is 0.321. The van der Waals surface area contributed by atoms with Crippen molar-refractivity contribution in [3.8, 4) is 0 Å². The predicted octanol–water partition coefficient (Wildman–Crippen LogP) is 2.04. The molecule has 4 nitrogen and oxygen atoms in total. The molecular formula is C11H17N3O. The van der Waals surface area contributed by atoms with E-state index in [1.165, 1.54) is 23.8 Å². The average Bonchev–Trinajstić information content (AvgIpc) is 2.63. The first-order valence-corrected chi connectivity index (χ1v) is 5.61. The molecule has 0 aromatic carbocycles. The topological polar surface area (TPSA) is 39.8 Å². The largest absolute Gasteiger partial charge is 0.350 e. The van der Waals surface area contributed by atoms with Crippen molar-refractivity contribution in [3.05, 3.63) is 22.9 Å². The Morgan fingerprint density at radius 2 is 2.13 bits per heavy atom. The third kappa shape index (κ3) is 2.03. The van der Waals surface area contributed by atoms with Crippen molar-refractivity contribution < 1.29 is 0 Å². The molecule has 15 heavy (non-hydrogen) atoms. The quantitative estimate of drug-likeness (QED) is 0.744. The van der Waals surface area contributed by atoms with E-state index in [-0.39, 0.29) is 5.69 Å². The lowest BCUT2D eigenvalue weighted by Crippen LogP contribution is -2.27. The summed E-state index contributed by atoms with van der Waals surface area (Å²) in [6.07, 6.45) is 11.1. The molecule has 0 spiro atoms. The van der Waals surface area contributed by atoms with Gasteiger partial charge in [-0.2, -0.15) is 5.10 Å². The summed E-state index contributed by atoms with van der Waals surface area (Å²) in [6, 6.07) is 0.317. The number of nitrogens with zero attached hydrogens (tertiary/aromatic N) is 3. The van der Waals surface area contributed by atoms with E-state index in [2.05, 4.69) is 5.10 Å². The van der Waals surface area contributed by atoms with E-state index in [0.29, 0.717) is 6.04 Å². The summed E-state index contributed by atoms with van der Waals surface area (Å²) in [7, 11) is 0. The Labute approximate surface area is 89.2 Å². The summed E-state index contributed by atoms with van der Waals surface area (Å²) in [5.74, 6) is 0. The highest BCUT2D eigenvalue weighted by molar-refractivity contribution is 5.18. The van der Waals surface area contributed by atoms with Gasteiger partial charge in [0, 0.05) is 6.20 Å². The van der Waals surface area contributed by atoms with Crippen LogP contribution in [0.25, 0.3) is 6.20 Å². The van der Waals surface area contributed by atoms with Crippen LogP contribution in [0.1, 0.15) is 45.1 Å². The van der Waals surface area contributed by atoms with E-state index in [1.54, 1.807) is 17.2 Å². The molecule has 2 rings (SSSR count). The molecule has 0 N–H and O–H groups in total. The van der Waals surface area contributed by atoms with Crippen LogP contribution in [0.3, 0.4) is 0 Å². The number of rotatable bonds is 2. The fraction of sp³-hybridized carbons (Fsp3) is 0.636. The summed E-state index contributed by atoms with van der Waals surface area (Å²) < 4.78 is 3.17. The molecule has 1 saturated carbocycles. The van der Waals surface area contributed by atoms with Crippen LogP contribution < -0.4 is 5.69 Å². The predicted molar refractivity (Wildman–Crippen MR) is 59.6 cm³/mol. The van der Waals surface area contributed by atoms with Gasteiger partial charge >= 0.3 is 5.69 Å². The van der Waals surface area contributed by atoms with Crippen LogP contribution in [-0.4, -0.2) is 14.3 Å². The van der Waals surface area contributed by atoms with Crippen LogP contribution in [0, 0.1) is 0 Å². The zero-order valence-electron chi connectivity index (χ0n) is 9.09. The van der Waals surface area contributed by atoms with Crippen LogP contribution in [0.4, 0.5) is 0 Å². The summed E-state index contributed by atoms with van der Waals surface area (Å²) in [4.78, 5) is 11.9. The Balaban J connectivity index is 2.24. The average molecular weight is 207 g/mol. The highest BCUT2D eigenvalue weighted by Gasteiger charge is 2.18. The van der Waals surface area contributed by atoms with Crippen LogP contribution in [0.5, 0.6) is 0 Å². The number of hydrogen-bond acceptors (Lipinski definition) is 2. The molecule has 1 aliphatic rings. The smallest absolute Gasteiger partial charge is 0.257 e. The first kappa shape index (κ1) is 10.2. The van der Waals surface area contributed by atoms with E-state index in [4.69, 9.17) is 0 Å². The van der Waals surface area contributed by atoms with Gasteiger partial charge in [-0.15, -0.1) is 0 Å². The summed E-state index contributed by atoms with van der Waals surface area (Å²) in [6.45, 7) is 1.89. The van der Waals surface area contributed by atoms with E-state index >= 15 is 0 Å².